The molecule has 0 aromatic heterocycles. The molecule has 2 rings (SSSR count). The molecule has 3 nitrogen and oxygen atoms in total. The van der Waals surface area contributed by atoms with Crippen molar-refractivity contribution in [3.8, 4) is 5.75 Å². The van der Waals surface area contributed by atoms with E-state index >= 15 is 0 Å². The van der Waals surface area contributed by atoms with Crippen LogP contribution in [0.25, 0.3) is 10.8 Å². The van der Waals surface area contributed by atoms with Gasteiger partial charge >= 0.3 is 0 Å². The first-order chi connectivity index (χ1) is 9.65. The molecule has 2 aromatic rings. The molecule has 3 heteroatoms. The van der Waals surface area contributed by atoms with Crippen molar-refractivity contribution >= 4 is 10.8 Å². The van der Waals surface area contributed by atoms with E-state index in [1.54, 1.807) is 7.11 Å². The predicted molar refractivity (Wildman–Crippen MR) is 85.2 cm³/mol. The van der Waals surface area contributed by atoms with Crippen LogP contribution in [0, 0.1) is 0 Å². The third-order valence-electron chi connectivity index (χ3n) is 3.93. The van der Waals surface area contributed by atoms with E-state index in [4.69, 9.17) is 10.5 Å². The molecule has 0 fully saturated rings. The largest absolute Gasteiger partial charge is 0.497 e. The number of hydrogen-bond acceptors (Lipinski definition) is 3. The third-order valence-corrected chi connectivity index (χ3v) is 3.93. The zero-order valence-corrected chi connectivity index (χ0v) is 12.6. The van der Waals surface area contributed by atoms with Gasteiger partial charge in [-0.3, -0.25) is 4.90 Å². The average molecular weight is 272 g/mol. The van der Waals surface area contributed by atoms with Gasteiger partial charge in [0.05, 0.1) is 7.11 Å². The van der Waals surface area contributed by atoms with Gasteiger partial charge in [-0.05, 0) is 68.0 Å². The maximum absolute atomic E-state index is 5.58. The fraction of sp³-hybridized carbons (Fsp3) is 0.412. The van der Waals surface area contributed by atoms with Crippen molar-refractivity contribution in [2.45, 2.75) is 19.4 Å². The van der Waals surface area contributed by atoms with Crippen LogP contribution in [0.3, 0.4) is 0 Å². The van der Waals surface area contributed by atoms with Gasteiger partial charge in [0.15, 0.2) is 0 Å². The van der Waals surface area contributed by atoms with Crippen LogP contribution in [0.5, 0.6) is 5.75 Å². The lowest BCUT2D eigenvalue weighted by Crippen LogP contribution is -2.25. The summed E-state index contributed by atoms with van der Waals surface area (Å²) in [7, 11) is 3.85. The van der Waals surface area contributed by atoms with E-state index in [0.717, 1.165) is 25.3 Å². The van der Waals surface area contributed by atoms with Gasteiger partial charge in [-0.15, -0.1) is 0 Å². The summed E-state index contributed by atoms with van der Waals surface area (Å²) in [4.78, 5) is 2.34. The Morgan fingerprint density at radius 1 is 1.15 bits per heavy atom. The number of ether oxygens (including phenoxy) is 1. The smallest absolute Gasteiger partial charge is 0.119 e. The van der Waals surface area contributed by atoms with Gasteiger partial charge in [-0.25, -0.2) is 0 Å². The molecule has 1 atom stereocenters. The molecule has 0 radical (unpaired) electrons. The van der Waals surface area contributed by atoms with Crippen LogP contribution in [-0.2, 0) is 0 Å². The molecule has 2 N–H and O–H groups in total. The normalized spacial score (nSPS) is 12.8. The SMILES string of the molecule is COc1ccc2cc(C(C)N(C)CCCN)ccc2c1. The van der Waals surface area contributed by atoms with Crippen LogP contribution in [0.4, 0.5) is 0 Å². The highest BCUT2D eigenvalue weighted by molar-refractivity contribution is 5.84. The second kappa shape index (κ2) is 6.73. The molecule has 1 unspecified atom stereocenters. The van der Waals surface area contributed by atoms with Gasteiger partial charge in [0.2, 0.25) is 0 Å². The molecule has 0 heterocycles. The van der Waals surface area contributed by atoms with E-state index in [0.29, 0.717) is 6.04 Å². The van der Waals surface area contributed by atoms with Gasteiger partial charge in [-0.1, -0.05) is 18.2 Å². The van der Waals surface area contributed by atoms with Crippen LogP contribution in [0.2, 0.25) is 0 Å². The number of methoxy groups -OCH3 is 1. The van der Waals surface area contributed by atoms with Crippen molar-refractivity contribution in [3.63, 3.8) is 0 Å². The van der Waals surface area contributed by atoms with E-state index in [1.165, 1.54) is 16.3 Å². The van der Waals surface area contributed by atoms with Crippen molar-refractivity contribution in [1.82, 2.24) is 4.90 Å². The fourth-order valence-corrected chi connectivity index (χ4v) is 2.42. The van der Waals surface area contributed by atoms with Crippen molar-refractivity contribution in [1.29, 1.82) is 0 Å². The van der Waals surface area contributed by atoms with Crippen molar-refractivity contribution in [2.24, 2.45) is 5.73 Å². The Bertz CT molecular complexity index is 568. The van der Waals surface area contributed by atoms with E-state index in [2.05, 4.69) is 49.2 Å². The van der Waals surface area contributed by atoms with E-state index < -0.39 is 0 Å². The number of nitrogens with two attached hydrogens (primary N) is 1. The van der Waals surface area contributed by atoms with E-state index in [1.807, 2.05) is 6.07 Å². The molecule has 2 aromatic carbocycles. The molecule has 108 valence electrons. The maximum atomic E-state index is 5.58. The lowest BCUT2D eigenvalue weighted by Gasteiger charge is -2.25. The summed E-state index contributed by atoms with van der Waals surface area (Å²) in [6.07, 6.45) is 1.03. The van der Waals surface area contributed by atoms with Gasteiger partial charge in [0.25, 0.3) is 0 Å². The molecule has 0 aliphatic heterocycles. The molecule has 0 aliphatic rings. The summed E-state index contributed by atoms with van der Waals surface area (Å²) in [5, 5.41) is 2.47. The molecule has 20 heavy (non-hydrogen) atoms. The summed E-state index contributed by atoms with van der Waals surface area (Å²) in [6, 6.07) is 13.2. The second-order valence-electron chi connectivity index (χ2n) is 5.27. The molecular formula is C17H24N2O. The zero-order valence-electron chi connectivity index (χ0n) is 12.6. The quantitative estimate of drug-likeness (QED) is 0.877. The van der Waals surface area contributed by atoms with Crippen molar-refractivity contribution < 1.29 is 4.74 Å². The first-order valence-corrected chi connectivity index (χ1v) is 7.13. The molecule has 0 saturated carbocycles. The molecular weight excluding hydrogens is 248 g/mol. The zero-order chi connectivity index (χ0) is 14.5. The first-order valence-electron chi connectivity index (χ1n) is 7.13. The van der Waals surface area contributed by atoms with Crippen LogP contribution < -0.4 is 10.5 Å². The molecule has 0 saturated heterocycles. The number of benzene rings is 2. The van der Waals surface area contributed by atoms with E-state index in [9.17, 15) is 0 Å². The third kappa shape index (κ3) is 3.30. The lowest BCUT2D eigenvalue weighted by molar-refractivity contribution is 0.260. The Labute approximate surface area is 121 Å². The topological polar surface area (TPSA) is 38.5 Å². The molecule has 0 spiro atoms. The number of nitrogens with zero attached hydrogens (tertiary/aromatic N) is 1. The predicted octanol–water partition coefficient (Wildman–Crippen LogP) is 3.19. The number of hydrogen-bond donors (Lipinski definition) is 1. The molecule has 0 aliphatic carbocycles. The summed E-state index contributed by atoms with van der Waals surface area (Å²) in [5.74, 6) is 0.901. The van der Waals surface area contributed by atoms with Gasteiger partial charge < -0.3 is 10.5 Å². The highest BCUT2D eigenvalue weighted by atomic mass is 16.5. The van der Waals surface area contributed by atoms with Crippen molar-refractivity contribution in [3.05, 3.63) is 42.0 Å². The van der Waals surface area contributed by atoms with Crippen LogP contribution >= 0.6 is 0 Å². The number of rotatable bonds is 6. The Morgan fingerprint density at radius 2 is 1.85 bits per heavy atom. The van der Waals surface area contributed by atoms with Gasteiger partial charge in [-0.2, -0.15) is 0 Å². The van der Waals surface area contributed by atoms with Gasteiger partial charge in [0.1, 0.15) is 5.75 Å². The minimum atomic E-state index is 0.396. The summed E-state index contributed by atoms with van der Waals surface area (Å²) >= 11 is 0. The van der Waals surface area contributed by atoms with E-state index in [-0.39, 0.29) is 0 Å². The fourth-order valence-electron chi connectivity index (χ4n) is 2.42. The Morgan fingerprint density at radius 3 is 2.55 bits per heavy atom. The minimum absolute atomic E-state index is 0.396. The highest BCUT2D eigenvalue weighted by Gasteiger charge is 2.11. The van der Waals surface area contributed by atoms with Crippen LogP contribution in [0.15, 0.2) is 36.4 Å². The Balaban J connectivity index is 2.22. The minimum Gasteiger partial charge on any atom is -0.497 e. The van der Waals surface area contributed by atoms with Gasteiger partial charge in [0, 0.05) is 6.04 Å². The maximum Gasteiger partial charge on any atom is 0.119 e. The average Bonchev–Trinajstić information content (AvgIpc) is 2.50. The van der Waals surface area contributed by atoms with Crippen LogP contribution in [-0.4, -0.2) is 32.1 Å². The summed E-state index contributed by atoms with van der Waals surface area (Å²) in [6.45, 7) is 4.01. The molecule has 0 bridgehead atoms. The Hall–Kier alpha value is -1.58. The first kappa shape index (κ1) is 14.8. The lowest BCUT2D eigenvalue weighted by atomic mass is 10.0. The van der Waals surface area contributed by atoms with Crippen molar-refractivity contribution in [2.75, 3.05) is 27.2 Å². The molecule has 0 amide bonds. The summed E-state index contributed by atoms with van der Waals surface area (Å²) in [5.41, 5.74) is 6.91. The second-order valence-corrected chi connectivity index (χ2v) is 5.27. The number of fused-ring (bicyclic) bond motifs is 1. The monoisotopic (exact) mass is 272 g/mol. The standard InChI is InChI=1S/C17H24N2O/c1-13(19(2)10-4-9-18)14-5-6-16-12-17(20-3)8-7-15(16)11-14/h5-8,11-13H,4,9-10,18H2,1-3H3. The van der Waals surface area contributed by atoms with Crippen LogP contribution in [0.1, 0.15) is 24.9 Å². The Kier molecular flexibility index (Phi) is 4.99. The summed E-state index contributed by atoms with van der Waals surface area (Å²) < 4.78 is 5.26. The highest BCUT2D eigenvalue weighted by Crippen LogP contribution is 2.26.